The lowest BCUT2D eigenvalue weighted by Gasteiger charge is -2.31. The van der Waals surface area contributed by atoms with E-state index in [-0.39, 0.29) is 12.1 Å². The van der Waals surface area contributed by atoms with Crippen LogP contribution in [0.2, 0.25) is 0 Å². The van der Waals surface area contributed by atoms with Gasteiger partial charge in [-0.2, -0.15) is 0 Å². The molecule has 5 rings (SSSR count). The van der Waals surface area contributed by atoms with Crippen LogP contribution in [0.15, 0.2) is 66.9 Å². The molecule has 0 spiro atoms. The highest BCUT2D eigenvalue weighted by Gasteiger charge is 2.41. The molecule has 0 radical (unpaired) electrons. The van der Waals surface area contributed by atoms with Crippen molar-refractivity contribution in [3.63, 3.8) is 0 Å². The number of pyridine rings is 1. The molecule has 0 bridgehead atoms. The average Bonchev–Trinajstić information content (AvgIpc) is 3.40. The van der Waals surface area contributed by atoms with Crippen LogP contribution in [0, 0.1) is 6.92 Å². The SMILES string of the molecule is Cc1ccc([C@@H]2[C@@H](c3ccccn3)NC(=S)N2CCCN2CCOCC2)n1-c1ccccc1. The predicted octanol–water partition coefficient (Wildman–Crippen LogP) is 3.88. The topological polar surface area (TPSA) is 45.6 Å². The Kier molecular flexibility index (Phi) is 6.71. The summed E-state index contributed by atoms with van der Waals surface area (Å²) in [5.74, 6) is 0. The fraction of sp³-hybridized carbons (Fsp3) is 0.385. The van der Waals surface area contributed by atoms with Crippen molar-refractivity contribution in [3.05, 3.63) is 83.9 Å². The number of nitrogens with one attached hydrogen (secondary N) is 1. The molecule has 172 valence electrons. The van der Waals surface area contributed by atoms with Gasteiger partial charge in [-0.1, -0.05) is 24.3 Å². The molecule has 3 aromatic rings. The minimum Gasteiger partial charge on any atom is -0.379 e. The monoisotopic (exact) mass is 461 g/mol. The standard InChI is InChI=1S/C26H31N5OS/c1-20-11-12-23(31(20)21-8-3-2-4-9-21)25-24(22-10-5-6-13-27-22)28-26(33)30(25)15-7-14-29-16-18-32-19-17-29/h2-6,8-13,24-25H,7,14-19H2,1H3,(H,28,33)/t24-,25-/m1/s1. The zero-order valence-electron chi connectivity index (χ0n) is 19.1. The number of benzene rings is 1. The van der Waals surface area contributed by atoms with Gasteiger partial charge in [-0.25, -0.2) is 0 Å². The normalized spacial score (nSPS) is 21.4. The Morgan fingerprint density at radius 2 is 1.79 bits per heavy atom. The van der Waals surface area contributed by atoms with E-state index >= 15 is 0 Å². The van der Waals surface area contributed by atoms with Gasteiger partial charge >= 0.3 is 0 Å². The molecule has 2 atom stereocenters. The Morgan fingerprint density at radius 1 is 1.00 bits per heavy atom. The molecule has 33 heavy (non-hydrogen) atoms. The zero-order chi connectivity index (χ0) is 22.6. The summed E-state index contributed by atoms with van der Waals surface area (Å²) in [5.41, 5.74) is 4.62. The second kappa shape index (κ2) is 10.0. The number of ether oxygens (including phenoxy) is 1. The molecule has 7 heteroatoms. The maximum Gasteiger partial charge on any atom is 0.170 e. The smallest absolute Gasteiger partial charge is 0.170 e. The molecule has 2 saturated heterocycles. The number of hydrogen-bond donors (Lipinski definition) is 1. The molecule has 1 N–H and O–H groups in total. The Balaban J connectivity index is 1.47. The van der Waals surface area contributed by atoms with Crippen molar-refractivity contribution in [1.82, 2.24) is 24.7 Å². The molecule has 0 aliphatic carbocycles. The van der Waals surface area contributed by atoms with Gasteiger partial charge in [0.2, 0.25) is 0 Å². The number of para-hydroxylation sites is 1. The first-order valence-electron chi connectivity index (χ1n) is 11.7. The van der Waals surface area contributed by atoms with Crippen LogP contribution in [0.4, 0.5) is 0 Å². The fourth-order valence-corrected chi connectivity index (χ4v) is 5.31. The molecule has 1 aromatic carbocycles. The summed E-state index contributed by atoms with van der Waals surface area (Å²) in [6, 6.07) is 21.2. The summed E-state index contributed by atoms with van der Waals surface area (Å²) in [5, 5.41) is 4.40. The summed E-state index contributed by atoms with van der Waals surface area (Å²) in [4.78, 5) is 9.54. The van der Waals surface area contributed by atoms with Gasteiger partial charge in [-0.05, 0) is 62.0 Å². The van der Waals surface area contributed by atoms with Gasteiger partial charge < -0.3 is 19.5 Å². The number of aryl methyl sites for hydroxylation is 1. The van der Waals surface area contributed by atoms with E-state index < -0.39 is 0 Å². The van der Waals surface area contributed by atoms with Crippen LogP contribution in [-0.4, -0.2) is 63.9 Å². The Bertz CT molecular complexity index is 1060. The third-order valence-electron chi connectivity index (χ3n) is 6.60. The lowest BCUT2D eigenvalue weighted by atomic mass is 10.0. The van der Waals surface area contributed by atoms with Crippen LogP contribution in [0.25, 0.3) is 5.69 Å². The predicted molar refractivity (Wildman–Crippen MR) is 135 cm³/mol. The number of hydrogen-bond acceptors (Lipinski definition) is 4. The molecule has 2 aromatic heterocycles. The van der Waals surface area contributed by atoms with E-state index in [2.05, 4.69) is 80.1 Å². The Morgan fingerprint density at radius 3 is 2.55 bits per heavy atom. The van der Waals surface area contributed by atoms with Crippen LogP contribution in [0.5, 0.6) is 0 Å². The minimum absolute atomic E-state index is 0.00107. The molecular weight excluding hydrogens is 430 g/mol. The molecule has 6 nitrogen and oxygen atoms in total. The van der Waals surface area contributed by atoms with Gasteiger partial charge in [0.1, 0.15) is 0 Å². The second-order valence-corrected chi connectivity index (χ2v) is 9.08. The van der Waals surface area contributed by atoms with E-state index in [4.69, 9.17) is 17.0 Å². The Hall–Kier alpha value is -2.74. The van der Waals surface area contributed by atoms with E-state index in [9.17, 15) is 0 Å². The minimum atomic E-state index is -0.00107. The lowest BCUT2D eigenvalue weighted by Crippen LogP contribution is -2.39. The first-order valence-corrected chi connectivity index (χ1v) is 12.1. The molecule has 0 unspecified atom stereocenters. The third-order valence-corrected chi connectivity index (χ3v) is 6.95. The molecule has 2 fully saturated rings. The molecule has 2 aliphatic heterocycles. The van der Waals surface area contributed by atoms with E-state index in [0.717, 1.165) is 56.6 Å². The quantitative estimate of drug-likeness (QED) is 0.539. The van der Waals surface area contributed by atoms with Gasteiger partial charge in [0.15, 0.2) is 5.11 Å². The van der Waals surface area contributed by atoms with Crippen molar-refractivity contribution in [2.45, 2.75) is 25.4 Å². The van der Waals surface area contributed by atoms with E-state index in [1.165, 1.54) is 17.1 Å². The maximum atomic E-state index is 5.88. The number of thiocarbonyl (C=S) groups is 1. The summed E-state index contributed by atoms with van der Waals surface area (Å²) in [7, 11) is 0. The summed E-state index contributed by atoms with van der Waals surface area (Å²) in [6.45, 7) is 7.81. The number of nitrogens with zero attached hydrogens (tertiary/aromatic N) is 4. The number of rotatable bonds is 7. The fourth-order valence-electron chi connectivity index (χ4n) is 4.98. The highest BCUT2D eigenvalue weighted by Crippen LogP contribution is 2.40. The highest BCUT2D eigenvalue weighted by molar-refractivity contribution is 7.80. The van der Waals surface area contributed by atoms with Gasteiger partial charge in [-0.3, -0.25) is 9.88 Å². The molecule has 2 aliphatic rings. The molecule has 4 heterocycles. The maximum absolute atomic E-state index is 5.88. The second-order valence-electron chi connectivity index (χ2n) is 8.70. The number of aromatic nitrogens is 2. The first-order chi connectivity index (χ1) is 16.2. The largest absolute Gasteiger partial charge is 0.379 e. The van der Waals surface area contributed by atoms with Gasteiger partial charge in [0, 0.05) is 49.5 Å². The lowest BCUT2D eigenvalue weighted by molar-refractivity contribution is 0.0365. The third kappa shape index (κ3) is 4.67. The van der Waals surface area contributed by atoms with Crippen molar-refractivity contribution < 1.29 is 4.74 Å². The molecule has 0 saturated carbocycles. The summed E-state index contributed by atoms with van der Waals surface area (Å²) in [6.07, 6.45) is 2.91. The number of morpholine rings is 1. The van der Waals surface area contributed by atoms with Crippen LogP contribution in [0.1, 0.15) is 35.6 Å². The van der Waals surface area contributed by atoms with Crippen molar-refractivity contribution in [3.8, 4) is 5.69 Å². The summed E-state index contributed by atoms with van der Waals surface area (Å²) >= 11 is 5.88. The van der Waals surface area contributed by atoms with Crippen molar-refractivity contribution >= 4 is 17.3 Å². The molecular formula is C26H31N5OS. The van der Waals surface area contributed by atoms with E-state index in [1.807, 2.05) is 18.3 Å². The van der Waals surface area contributed by atoms with E-state index in [1.54, 1.807) is 0 Å². The highest BCUT2D eigenvalue weighted by atomic mass is 32.1. The van der Waals surface area contributed by atoms with Gasteiger partial charge in [0.05, 0.1) is 31.0 Å². The van der Waals surface area contributed by atoms with Crippen LogP contribution in [0.3, 0.4) is 0 Å². The van der Waals surface area contributed by atoms with Crippen LogP contribution >= 0.6 is 12.2 Å². The van der Waals surface area contributed by atoms with Crippen molar-refractivity contribution in [2.75, 3.05) is 39.4 Å². The van der Waals surface area contributed by atoms with Crippen molar-refractivity contribution in [1.29, 1.82) is 0 Å². The summed E-state index contributed by atoms with van der Waals surface area (Å²) < 4.78 is 7.85. The molecule has 0 amide bonds. The van der Waals surface area contributed by atoms with Gasteiger partial charge in [0.25, 0.3) is 0 Å². The zero-order valence-corrected chi connectivity index (χ0v) is 19.9. The Labute approximate surface area is 201 Å². The van der Waals surface area contributed by atoms with Crippen LogP contribution < -0.4 is 5.32 Å². The average molecular weight is 462 g/mol. The van der Waals surface area contributed by atoms with Gasteiger partial charge in [-0.15, -0.1) is 0 Å². The first kappa shape index (κ1) is 22.1. The van der Waals surface area contributed by atoms with Crippen molar-refractivity contribution in [2.24, 2.45) is 0 Å². The van der Waals surface area contributed by atoms with E-state index in [0.29, 0.717) is 0 Å². The van der Waals surface area contributed by atoms with Crippen LogP contribution in [-0.2, 0) is 4.74 Å².